The van der Waals surface area contributed by atoms with Crippen LogP contribution < -0.4 is 10.6 Å². The average Bonchev–Trinajstić information content (AvgIpc) is 2.80. The molecule has 106 valence electrons. The topological polar surface area (TPSA) is 109 Å². The Bertz CT molecular complexity index is 404. The molecular formula is C11H19N5O3. The molecule has 19 heavy (non-hydrogen) atoms. The van der Waals surface area contributed by atoms with E-state index in [1.807, 2.05) is 13.8 Å². The van der Waals surface area contributed by atoms with Crippen molar-refractivity contribution in [2.24, 2.45) is 5.92 Å². The minimum Gasteiger partial charge on any atom is -0.480 e. The van der Waals surface area contributed by atoms with Crippen LogP contribution in [0, 0.1) is 5.92 Å². The molecule has 0 bridgehead atoms. The van der Waals surface area contributed by atoms with Gasteiger partial charge in [0.15, 0.2) is 0 Å². The van der Waals surface area contributed by atoms with Crippen molar-refractivity contribution in [2.45, 2.75) is 32.9 Å². The molecule has 1 atom stereocenters. The lowest BCUT2D eigenvalue weighted by atomic mass is 10.0. The Kier molecular flexibility index (Phi) is 5.77. The Morgan fingerprint density at radius 1 is 1.42 bits per heavy atom. The first-order chi connectivity index (χ1) is 8.99. The van der Waals surface area contributed by atoms with Gasteiger partial charge in [-0.25, -0.2) is 9.59 Å². The highest BCUT2D eigenvalue weighted by atomic mass is 16.4. The normalized spacial score (nSPS) is 12.2. The highest BCUT2D eigenvalue weighted by molar-refractivity contribution is 5.82. The molecule has 1 aromatic rings. The van der Waals surface area contributed by atoms with Gasteiger partial charge in [0.1, 0.15) is 6.04 Å². The molecule has 0 aliphatic heterocycles. The lowest BCUT2D eigenvalue weighted by molar-refractivity contribution is -0.139. The van der Waals surface area contributed by atoms with Crippen LogP contribution in [0.25, 0.3) is 0 Å². The summed E-state index contributed by atoms with van der Waals surface area (Å²) in [6, 6.07) is -1.36. The molecule has 8 nitrogen and oxygen atoms in total. The molecule has 0 aromatic carbocycles. The van der Waals surface area contributed by atoms with E-state index in [2.05, 4.69) is 20.9 Å². The van der Waals surface area contributed by atoms with E-state index in [9.17, 15) is 9.59 Å². The molecule has 0 unspecified atom stereocenters. The summed E-state index contributed by atoms with van der Waals surface area (Å²) >= 11 is 0. The van der Waals surface area contributed by atoms with E-state index in [-0.39, 0.29) is 5.92 Å². The molecule has 3 N–H and O–H groups in total. The van der Waals surface area contributed by atoms with Crippen LogP contribution in [0.5, 0.6) is 0 Å². The summed E-state index contributed by atoms with van der Waals surface area (Å²) in [7, 11) is 0. The Morgan fingerprint density at radius 3 is 2.68 bits per heavy atom. The molecule has 0 radical (unpaired) electrons. The number of hydrogen-bond donors (Lipinski definition) is 3. The van der Waals surface area contributed by atoms with E-state index in [0.29, 0.717) is 19.5 Å². The van der Waals surface area contributed by atoms with Crippen molar-refractivity contribution in [3.8, 4) is 0 Å². The highest BCUT2D eigenvalue weighted by Crippen LogP contribution is 2.04. The summed E-state index contributed by atoms with van der Waals surface area (Å²) in [6.45, 7) is 4.64. The molecule has 1 aromatic heterocycles. The van der Waals surface area contributed by atoms with Crippen LogP contribution in [0.4, 0.5) is 4.79 Å². The zero-order valence-electron chi connectivity index (χ0n) is 11.0. The van der Waals surface area contributed by atoms with Crippen LogP contribution in [0.2, 0.25) is 0 Å². The lowest BCUT2D eigenvalue weighted by Gasteiger charge is -2.16. The second-order valence-corrected chi connectivity index (χ2v) is 4.59. The van der Waals surface area contributed by atoms with Crippen molar-refractivity contribution >= 4 is 12.0 Å². The fraction of sp³-hybridized carbons (Fsp3) is 0.636. The Hall–Kier alpha value is -2.12. The van der Waals surface area contributed by atoms with Gasteiger partial charge in [-0.1, -0.05) is 19.1 Å². The third-order valence-corrected chi connectivity index (χ3v) is 2.41. The van der Waals surface area contributed by atoms with E-state index < -0.39 is 18.0 Å². The molecule has 0 saturated heterocycles. The van der Waals surface area contributed by atoms with E-state index in [0.717, 1.165) is 0 Å². The van der Waals surface area contributed by atoms with E-state index in [1.54, 1.807) is 17.1 Å². The van der Waals surface area contributed by atoms with Crippen LogP contribution in [0.3, 0.4) is 0 Å². The van der Waals surface area contributed by atoms with Crippen LogP contribution in [-0.2, 0) is 11.3 Å². The van der Waals surface area contributed by atoms with E-state index in [1.165, 1.54) is 0 Å². The molecule has 0 aliphatic rings. The number of amides is 2. The number of carboxylic acids is 1. The first kappa shape index (κ1) is 14.9. The number of nitrogens with one attached hydrogen (secondary N) is 2. The van der Waals surface area contributed by atoms with Gasteiger partial charge in [-0.15, -0.1) is 5.10 Å². The van der Waals surface area contributed by atoms with Crippen molar-refractivity contribution < 1.29 is 14.7 Å². The van der Waals surface area contributed by atoms with Gasteiger partial charge in [0.25, 0.3) is 0 Å². The minimum absolute atomic E-state index is 0.191. The summed E-state index contributed by atoms with van der Waals surface area (Å²) in [5.74, 6) is -0.836. The fourth-order valence-corrected chi connectivity index (χ4v) is 1.54. The molecule has 0 spiro atoms. The third kappa shape index (κ3) is 5.84. The van der Waals surface area contributed by atoms with Crippen molar-refractivity contribution in [3.63, 3.8) is 0 Å². The molecule has 1 rings (SSSR count). The fourth-order valence-electron chi connectivity index (χ4n) is 1.54. The quantitative estimate of drug-likeness (QED) is 0.649. The standard InChI is InChI=1S/C11H19N5O3/c1-8(2)7-9(10(17)18)14-11(19)12-3-5-16-6-4-13-15-16/h4,6,8-9H,3,5,7H2,1-2H3,(H,17,18)(H2,12,14,19)/t9-/m0/s1. The molecular weight excluding hydrogens is 250 g/mol. The molecule has 2 amide bonds. The highest BCUT2D eigenvalue weighted by Gasteiger charge is 2.20. The van der Waals surface area contributed by atoms with Gasteiger partial charge in [0, 0.05) is 12.7 Å². The number of nitrogens with zero attached hydrogens (tertiary/aromatic N) is 3. The smallest absolute Gasteiger partial charge is 0.326 e. The maximum Gasteiger partial charge on any atom is 0.326 e. The second kappa shape index (κ2) is 7.34. The summed E-state index contributed by atoms with van der Waals surface area (Å²) in [5, 5.41) is 21.4. The molecule has 0 fully saturated rings. The Morgan fingerprint density at radius 2 is 2.16 bits per heavy atom. The van der Waals surface area contributed by atoms with Gasteiger partial charge in [0.2, 0.25) is 0 Å². The number of carboxylic acid groups (broad SMARTS) is 1. The predicted octanol–water partition coefficient (Wildman–Crippen LogP) is 0.0766. The maximum atomic E-state index is 11.5. The van der Waals surface area contributed by atoms with Crippen LogP contribution in [0.1, 0.15) is 20.3 Å². The molecule has 8 heteroatoms. The Balaban J connectivity index is 2.30. The van der Waals surface area contributed by atoms with Crippen molar-refractivity contribution in [3.05, 3.63) is 12.4 Å². The lowest BCUT2D eigenvalue weighted by Crippen LogP contribution is -2.47. The van der Waals surface area contributed by atoms with Gasteiger partial charge in [-0.3, -0.25) is 4.68 Å². The van der Waals surface area contributed by atoms with Gasteiger partial charge in [-0.2, -0.15) is 0 Å². The summed E-state index contributed by atoms with van der Waals surface area (Å²) in [4.78, 5) is 22.5. The van der Waals surface area contributed by atoms with Gasteiger partial charge >= 0.3 is 12.0 Å². The SMILES string of the molecule is CC(C)C[C@H](NC(=O)NCCn1ccnn1)C(=O)O. The van der Waals surface area contributed by atoms with Crippen LogP contribution >= 0.6 is 0 Å². The molecule has 0 aliphatic carbocycles. The monoisotopic (exact) mass is 269 g/mol. The summed E-state index contributed by atoms with van der Waals surface area (Å²) < 4.78 is 1.57. The zero-order chi connectivity index (χ0) is 14.3. The number of carbonyl (C=O) groups is 2. The largest absolute Gasteiger partial charge is 0.480 e. The molecule has 1 heterocycles. The van der Waals surface area contributed by atoms with Gasteiger partial charge in [-0.05, 0) is 12.3 Å². The van der Waals surface area contributed by atoms with Gasteiger partial charge < -0.3 is 15.7 Å². The van der Waals surface area contributed by atoms with Crippen molar-refractivity contribution in [2.75, 3.05) is 6.54 Å². The summed E-state index contributed by atoms with van der Waals surface area (Å²) in [5.41, 5.74) is 0. The van der Waals surface area contributed by atoms with E-state index >= 15 is 0 Å². The number of aliphatic carboxylic acids is 1. The Labute approximate surface area is 111 Å². The predicted molar refractivity (Wildman–Crippen MR) is 67.4 cm³/mol. The van der Waals surface area contributed by atoms with Crippen LogP contribution in [-0.4, -0.2) is 44.7 Å². The first-order valence-electron chi connectivity index (χ1n) is 6.10. The number of aromatic nitrogens is 3. The number of hydrogen-bond acceptors (Lipinski definition) is 4. The van der Waals surface area contributed by atoms with E-state index in [4.69, 9.17) is 5.11 Å². The second-order valence-electron chi connectivity index (χ2n) is 4.59. The third-order valence-electron chi connectivity index (χ3n) is 2.41. The van der Waals surface area contributed by atoms with Crippen molar-refractivity contribution in [1.82, 2.24) is 25.6 Å². The van der Waals surface area contributed by atoms with Gasteiger partial charge in [0.05, 0.1) is 12.7 Å². The average molecular weight is 269 g/mol. The number of carbonyl (C=O) groups excluding carboxylic acids is 1. The first-order valence-corrected chi connectivity index (χ1v) is 6.10. The number of rotatable bonds is 7. The maximum absolute atomic E-state index is 11.5. The van der Waals surface area contributed by atoms with Crippen LogP contribution in [0.15, 0.2) is 12.4 Å². The molecule has 0 saturated carbocycles. The minimum atomic E-state index is -1.03. The number of urea groups is 1. The summed E-state index contributed by atoms with van der Waals surface area (Å²) in [6.07, 6.45) is 3.62. The van der Waals surface area contributed by atoms with Crippen molar-refractivity contribution in [1.29, 1.82) is 0 Å². The zero-order valence-corrected chi connectivity index (χ0v) is 11.0.